The molecule has 27 heavy (non-hydrogen) atoms. The first-order valence-electron chi connectivity index (χ1n) is 9.72. The van der Waals surface area contributed by atoms with Crippen LogP contribution in [0, 0.1) is 23.0 Å². The van der Waals surface area contributed by atoms with E-state index in [0.29, 0.717) is 32.6 Å². The summed E-state index contributed by atoms with van der Waals surface area (Å²) in [6, 6.07) is 3.91. The van der Waals surface area contributed by atoms with Crippen molar-refractivity contribution >= 4 is 5.91 Å². The molecule has 2 fully saturated rings. The van der Waals surface area contributed by atoms with Crippen molar-refractivity contribution in [2.45, 2.75) is 32.2 Å². The molecule has 2 aliphatic heterocycles. The Morgan fingerprint density at radius 3 is 2.63 bits per heavy atom. The Labute approximate surface area is 158 Å². The van der Waals surface area contributed by atoms with Gasteiger partial charge in [0.25, 0.3) is 0 Å². The van der Waals surface area contributed by atoms with Crippen molar-refractivity contribution in [3.63, 3.8) is 0 Å². The lowest BCUT2D eigenvalue weighted by Crippen LogP contribution is -2.39. The average molecular weight is 376 g/mol. The van der Waals surface area contributed by atoms with Crippen molar-refractivity contribution in [1.29, 1.82) is 0 Å². The third-order valence-electron chi connectivity index (χ3n) is 6.45. The maximum atomic E-state index is 14.0. The number of aliphatic hydroxyl groups is 1. The molecule has 3 aliphatic rings. The van der Waals surface area contributed by atoms with Crippen LogP contribution in [-0.2, 0) is 11.3 Å². The van der Waals surface area contributed by atoms with Crippen molar-refractivity contribution in [1.82, 2.24) is 9.80 Å². The molecule has 6 heteroatoms. The predicted octanol–water partition coefficient (Wildman–Crippen LogP) is 2.72. The van der Waals surface area contributed by atoms with Gasteiger partial charge in [0.1, 0.15) is 11.6 Å². The van der Waals surface area contributed by atoms with E-state index in [2.05, 4.69) is 6.08 Å². The summed E-state index contributed by atoms with van der Waals surface area (Å²) < 4.78 is 27.9. The zero-order valence-electron chi connectivity index (χ0n) is 15.5. The average Bonchev–Trinajstić information content (AvgIpc) is 3.32. The van der Waals surface area contributed by atoms with Crippen LogP contribution in [0.25, 0.3) is 0 Å². The van der Waals surface area contributed by atoms with E-state index in [0.717, 1.165) is 19.3 Å². The van der Waals surface area contributed by atoms with E-state index in [4.69, 9.17) is 0 Å². The fraction of sp³-hybridized carbons (Fsp3) is 0.571. The lowest BCUT2D eigenvalue weighted by molar-refractivity contribution is -0.130. The first kappa shape index (κ1) is 18.6. The molecule has 1 aliphatic carbocycles. The molecule has 0 spiro atoms. The van der Waals surface area contributed by atoms with Gasteiger partial charge in [0.15, 0.2) is 0 Å². The molecular formula is C21H26F2N2O2. The molecule has 0 bridgehead atoms. The van der Waals surface area contributed by atoms with Gasteiger partial charge in [-0.05, 0) is 37.3 Å². The standard InChI is InChI=1S/C21H26F2N2O2/c22-18-6-3-7-19(23)17(18)11-24-9-16-10-25(13-21(16,12-24)14-26)20(27)8-15-4-1-2-5-15/h3-4,6-7,16,26H,1-2,5,8-14H2. The fourth-order valence-corrected chi connectivity index (χ4v) is 4.94. The van der Waals surface area contributed by atoms with E-state index >= 15 is 0 Å². The number of hydrogen-bond acceptors (Lipinski definition) is 3. The minimum absolute atomic E-state index is 0.0135. The number of allylic oxidation sites excluding steroid dienone is 1. The number of carbonyl (C=O) groups is 1. The largest absolute Gasteiger partial charge is 0.396 e. The Hall–Kier alpha value is -1.79. The van der Waals surface area contributed by atoms with Crippen LogP contribution in [0.4, 0.5) is 8.78 Å². The second-order valence-electron chi connectivity index (χ2n) is 8.29. The summed E-state index contributed by atoms with van der Waals surface area (Å²) in [5.74, 6) is -0.797. The van der Waals surface area contributed by atoms with Crippen molar-refractivity contribution < 1.29 is 18.7 Å². The lowest BCUT2D eigenvalue weighted by atomic mass is 9.82. The van der Waals surface area contributed by atoms with Gasteiger partial charge in [0.2, 0.25) is 5.91 Å². The van der Waals surface area contributed by atoms with Gasteiger partial charge < -0.3 is 10.0 Å². The number of aliphatic hydroxyl groups excluding tert-OH is 1. The zero-order chi connectivity index (χ0) is 19.0. The molecule has 1 aromatic carbocycles. The number of carbonyl (C=O) groups excluding carboxylic acids is 1. The summed E-state index contributed by atoms with van der Waals surface area (Å²) in [6.07, 6.45) is 5.86. The molecule has 1 aromatic rings. The molecule has 0 saturated carbocycles. The van der Waals surface area contributed by atoms with Gasteiger partial charge in [-0.15, -0.1) is 0 Å². The summed E-state index contributed by atoms with van der Waals surface area (Å²) in [6.45, 7) is 2.51. The summed E-state index contributed by atoms with van der Waals surface area (Å²) in [5, 5.41) is 10.1. The van der Waals surface area contributed by atoms with Crippen molar-refractivity contribution in [3.8, 4) is 0 Å². The van der Waals surface area contributed by atoms with Crippen molar-refractivity contribution in [2.24, 2.45) is 11.3 Å². The smallest absolute Gasteiger partial charge is 0.226 e. The zero-order valence-corrected chi connectivity index (χ0v) is 15.5. The first-order chi connectivity index (χ1) is 13.0. The van der Waals surface area contributed by atoms with Crippen LogP contribution >= 0.6 is 0 Å². The number of likely N-dealkylation sites (tertiary alicyclic amines) is 2. The molecule has 4 nitrogen and oxygen atoms in total. The van der Waals surface area contributed by atoms with Crippen LogP contribution in [0.1, 0.15) is 31.2 Å². The highest BCUT2D eigenvalue weighted by Crippen LogP contribution is 2.43. The molecule has 1 amide bonds. The van der Waals surface area contributed by atoms with Gasteiger partial charge in [-0.1, -0.05) is 17.7 Å². The second-order valence-corrected chi connectivity index (χ2v) is 8.29. The topological polar surface area (TPSA) is 43.8 Å². The van der Waals surface area contributed by atoms with Gasteiger partial charge >= 0.3 is 0 Å². The van der Waals surface area contributed by atoms with Crippen molar-refractivity contribution in [3.05, 3.63) is 47.0 Å². The quantitative estimate of drug-likeness (QED) is 0.804. The summed E-state index contributed by atoms with van der Waals surface area (Å²) >= 11 is 0. The van der Waals surface area contributed by atoms with Gasteiger partial charge in [-0.3, -0.25) is 9.69 Å². The van der Waals surface area contributed by atoms with E-state index in [-0.39, 0.29) is 36.0 Å². The van der Waals surface area contributed by atoms with Gasteiger partial charge in [-0.25, -0.2) is 8.78 Å². The number of benzene rings is 1. The Morgan fingerprint density at radius 1 is 1.22 bits per heavy atom. The second kappa shape index (κ2) is 7.32. The summed E-state index contributed by atoms with van der Waals surface area (Å²) in [7, 11) is 0. The van der Waals surface area contributed by atoms with E-state index in [1.54, 1.807) is 0 Å². The molecule has 2 atom stereocenters. The number of hydrogen-bond donors (Lipinski definition) is 1. The highest BCUT2D eigenvalue weighted by atomic mass is 19.1. The van der Waals surface area contributed by atoms with Crippen LogP contribution in [0.15, 0.2) is 29.8 Å². The number of fused-ring (bicyclic) bond motifs is 1. The van der Waals surface area contributed by atoms with E-state index in [1.165, 1.54) is 23.8 Å². The first-order valence-corrected chi connectivity index (χ1v) is 9.72. The third kappa shape index (κ3) is 3.52. The fourth-order valence-electron chi connectivity index (χ4n) is 4.94. The Kier molecular flexibility index (Phi) is 5.03. The molecule has 2 heterocycles. The molecule has 0 aromatic heterocycles. The Balaban J connectivity index is 1.41. The van der Waals surface area contributed by atoms with E-state index < -0.39 is 11.6 Å². The Bertz CT molecular complexity index is 746. The van der Waals surface area contributed by atoms with Crippen molar-refractivity contribution in [2.75, 3.05) is 32.8 Å². The number of rotatable bonds is 5. The van der Waals surface area contributed by atoms with Crippen LogP contribution < -0.4 is 0 Å². The molecule has 2 unspecified atom stereocenters. The summed E-state index contributed by atoms with van der Waals surface area (Å²) in [5.41, 5.74) is 0.917. The maximum absolute atomic E-state index is 14.0. The Morgan fingerprint density at radius 2 is 2.00 bits per heavy atom. The number of amides is 1. The highest BCUT2D eigenvalue weighted by Gasteiger charge is 2.53. The van der Waals surface area contributed by atoms with Crippen LogP contribution in [0.3, 0.4) is 0 Å². The molecule has 146 valence electrons. The van der Waals surface area contributed by atoms with Gasteiger partial charge in [0, 0.05) is 50.1 Å². The monoisotopic (exact) mass is 376 g/mol. The molecule has 0 radical (unpaired) electrons. The van der Waals surface area contributed by atoms with Gasteiger partial charge in [-0.2, -0.15) is 0 Å². The predicted molar refractivity (Wildman–Crippen MR) is 97.8 cm³/mol. The third-order valence-corrected chi connectivity index (χ3v) is 6.45. The van der Waals surface area contributed by atoms with Crippen LogP contribution in [-0.4, -0.2) is 53.6 Å². The SMILES string of the molecule is O=C(CC1=CCCC1)N1CC2CN(Cc3c(F)cccc3F)CC2(CO)C1. The minimum atomic E-state index is -0.535. The molecule has 2 saturated heterocycles. The number of halogens is 2. The van der Waals surface area contributed by atoms with Gasteiger partial charge in [0.05, 0.1) is 6.61 Å². The van der Waals surface area contributed by atoms with E-state index in [9.17, 15) is 18.7 Å². The normalized spacial score (nSPS) is 27.9. The van der Waals surface area contributed by atoms with E-state index in [1.807, 2.05) is 9.80 Å². The molecule has 4 rings (SSSR count). The minimum Gasteiger partial charge on any atom is -0.396 e. The summed E-state index contributed by atoms with van der Waals surface area (Å²) in [4.78, 5) is 16.5. The molecular weight excluding hydrogens is 350 g/mol. The molecule has 1 N–H and O–H groups in total. The maximum Gasteiger partial charge on any atom is 0.226 e. The number of nitrogens with zero attached hydrogens (tertiary/aromatic N) is 2. The highest BCUT2D eigenvalue weighted by molar-refractivity contribution is 5.79. The van der Waals surface area contributed by atoms with Crippen LogP contribution in [0.5, 0.6) is 0 Å². The lowest BCUT2D eigenvalue weighted by Gasteiger charge is -2.27. The van der Waals surface area contributed by atoms with Crippen LogP contribution in [0.2, 0.25) is 0 Å².